The molecule has 0 aliphatic carbocycles. The Bertz CT molecular complexity index is 676. The summed E-state index contributed by atoms with van der Waals surface area (Å²) in [5, 5.41) is 1.43. The van der Waals surface area contributed by atoms with E-state index in [4.69, 9.17) is 0 Å². The minimum absolute atomic E-state index is 0.0360. The van der Waals surface area contributed by atoms with Gasteiger partial charge in [0.2, 0.25) is 0 Å². The highest BCUT2D eigenvalue weighted by Gasteiger charge is 2.28. The summed E-state index contributed by atoms with van der Waals surface area (Å²) >= 11 is 0. The predicted octanol–water partition coefficient (Wildman–Crippen LogP) is -0.765. The van der Waals surface area contributed by atoms with Crippen LogP contribution in [0.1, 0.15) is 32.6 Å². The first-order chi connectivity index (χ1) is 9.07. The van der Waals surface area contributed by atoms with Gasteiger partial charge < -0.3 is 0 Å². The number of hydrogen-bond donors (Lipinski definition) is 2. The number of unbranched alkanes of at least 4 members (excludes halogenated alkanes) is 3. The van der Waals surface area contributed by atoms with Gasteiger partial charge in [-0.3, -0.25) is 29.6 Å². The van der Waals surface area contributed by atoms with Gasteiger partial charge in [-0.2, -0.15) is 0 Å². The van der Waals surface area contributed by atoms with Gasteiger partial charge in [0, 0.05) is 6.54 Å². The summed E-state index contributed by atoms with van der Waals surface area (Å²) in [7, 11) is 0. The second-order valence-corrected chi connectivity index (χ2v) is 4.49. The zero-order chi connectivity index (χ0) is 14.0. The van der Waals surface area contributed by atoms with Crippen molar-refractivity contribution in [3.63, 3.8) is 0 Å². The van der Waals surface area contributed by atoms with Gasteiger partial charge in [-0.25, -0.2) is 0 Å². The number of anilines is 2. The Kier molecular flexibility index (Phi) is 3.75. The second-order valence-electron chi connectivity index (χ2n) is 4.49. The van der Waals surface area contributed by atoms with Gasteiger partial charge >= 0.3 is 0 Å². The van der Waals surface area contributed by atoms with Crippen molar-refractivity contribution >= 4 is 11.4 Å². The van der Waals surface area contributed by atoms with Crippen LogP contribution in [0.2, 0.25) is 0 Å². The van der Waals surface area contributed by atoms with Gasteiger partial charge in [0.25, 0.3) is 21.7 Å². The summed E-state index contributed by atoms with van der Waals surface area (Å²) in [5.74, 6) is 0. The second kappa shape index (κ2) is 5.31. The van der Waals surface area contributed by atoms with E-state index in [-0.39, 0.29) is 11.4 Å². The third-order valence-corrected chi connectivity index (χ3v) is 3.12. The van der Waals surface area contributed by atoms with E-state index in [9.17, 15) is 19.2 Å². The number of benzene rings is 1. The summed E-state index contributed by atoms with van der Waals surface area (Å²) in [6, 6.07) is 0. The van der Waals surface area contributed by atoms with Crippen LogP contribution in [-0.4, -0.2) is 6.54 Å². The fourth-order valence-corrected chi connectivity index (χ4v) is 2.07. The summed E-state index contributed by atoms with van der Waals surface area (Å²) in [6.07, 6.45) is 3.98. The molecule has 102 valence electrons. The van der Waals surface area contributed by atoms with E-state index in [0.717, 1.165) is 25.7 Å². The highest BCUT2D eigenvalue weighted by atomic mass is 16.2. The van der Waals surface area contributed by atoms with Crippen molar-refractivity contribution in [1.29, 1.82) is 0 Å². The smallest absolute Gasteiger partial charge is 0.279 e. The maximum absolute atomic E-state index is 11.8. The minimum Gasteiger partial charge on any atom is -0.298 e. The summed E-state index contributed by atoms with van der Waals surface area (Å²) in [4.78, 5) is 45.9. The molecular formula is C12H15N3O4. The lowest BCUT2D eigenvalue weighted by Crippen LogP contribution is -2.48. The molecule has 1 aromatic rings. The first kappa shape index (κ1) is 13.4. The molecule has 1 heterocycles. The van der Waals surface area contributed by atoms with Gasteiger partial charge in [0.05, 0.1) is 0 Å². The molecule has 0 amide bonds. The molecule has 0 spiro atoms. The molecule has 0 bridgehead atoms. The molecule has 7 heteroatoms. The van der Waals surface area contributed by atoms with Crippen LogP contribution in [0.4, 0.5) is 11.4 Å². The van der Waals surface area contributed by atoms with Gasteiger partial charge in [0.1, 0.15) is 11.4 Å². The molecule has 0 unspecified atom stereocenters. The zero-order valence-corrected chi connectivity index (χ0v) is 10.6. The Labute approximate surface area is 108 Å². The number of fused-ring (bicyclic) bond motifs is 1. The van der Waals surface area contributed by atoms with Crippen LogP contribution in [0.15, 0.2) is 19.2 Å². The SMILES string of the molecule is CCCCCCN1NNc2c1c(=O)c(=O)c(=O)c2=O. The highest BCUT2D eigenvalue weighted by molar-refractivity contribution is 5.72. The first-order valence-corrected chi connectivity index (χ1v) is 6.29. The van der Waals surface area contributed by atoms with Crippen molar-refractivity contribution in [3.05, 3.63) is 40.9 Å². The van der Waals surface area contributed by atoms with E-state index in [1.165, 1.54) is 5.01 Å². The third kappa shape index (κ3) is 2.28. The predicted molar refractivity (Wildman–Crippen MR) is 72.1 cm³/mol. The van der Waals surface area contributed by atoms with Crippen LogP contribution < -0.4 is 37.7 Å². The third-order valence-electron chi connectivity index (χ3n) is 3.12. The van der Waals surface area contributed by atoms with Crippen molar-refractivity contribution in [2.45, 2.75) is 32.6 Å². The summed E-state index contributed by atoms with van der Waals surface area (Å²) in [6.45, 7) is 2.58. The minimum atomic E-state index is -1.27. The number of hydrazine groups is 2. The fraction of sp³-hybridized carbons (Fsp3) is 0.500. The number of nitrogens with zero attached hydrogens (tertiary/aromatic N) is 1. The monoisotopic (exact) mass is 265 g/mol. The fourth-order valence-electron chi connectivity index (χ4n) is 2.07. The molecule has 1 aliphatic heterocycles. The summed E-state index contributed by atoms with van der Waals surface area (Å²) in [5.41, 5.74) is 0.569. The normalized spacial score (nSPS) is 13.4. The molecule has 0 aromatic heterocycles. The quantitative estimate of drug-likeness (QED) is 0.533. The first-order valence-electron chi connectivity index (χ1n) is 6.29. The molecule has 7 nitrogen and oxygen atoms in total. The van der Waals surface area contributed by atoms with E-state index < -0.39 is 21.7 Å². The molecule has 0 saturated carbocycles. The van der Waals surface area contributed by atoms with E-state index in [0.29, 0.717) is 6.54 Å². The number of nitrogens with one attached hydrogen (secondary N) is 2. The molecule has 0 atom stereocenters. The Morgan fingerprint density at radius 2 is 1.58 bits per heavy atom. The standard InChI is InChI=1S/C12H15N3O4/c1-2-3-4-5-6-15-8-7(13-14-15)9(16)11(18)12(19)10(8)17/h13-14H,2-6H2,1H3. The van der Waals surface area contributed by atoms with Gasteiger partial charge in [-0.1, -0.05) is 26.2 Å². The Morgan fingerprint density at radius 1 is 0.895 bits per heavy atom. The number of hydrogen-bond acceptors (Lipinski definition) is 7. The maximum Gasteiger partial charge on any atom is 0.279 e. The van der Waals surface area contributed by atoms with Crippen molar-refractivity contribution < 1.29 is 0 Å². The Hall–Kier alpha value is -2.02. The van der Waals surface area contributed by atoms with Gasteiger partial charge in [-0.15, -0.1) is 5.53 Å². The topological polar surface area (TPSA) is 95.6 Å². The molecule has 0 radical (unpaired) electrons. The van der Waals surface area contributed by atoms with E-state index in [1.807, 2.05) is 0 Å². The average Bonchev–Trinajstić information content (AvgIpc) is 2.83. The maximum atomic E-state index is 11.8. The Balaban J connectivity index is 2.30. The van der Waals surface area contributed by atoms with E-state index >= 15 is 0 Å². The Morgan fingerprint density at radius 3 is 2.26 bits per heavy atom. The molecule has 0 fully saturated rings. The van der Waals surface area contributed by atoms with E-state index in [1.54, 1.807) is 0 Å². The number of rotatable bonds is 5. The van der Waals surface area contributed by atoms with Crippen LogP contribution in [0.25, 0.3) is 0 Å². The molecule has 2 N–H and O–H groups in total. The molecule has 1 aliphatic rings. The highest BCUT2D eigenvalue weighted by Crippen LogP contribution is 2.19. The molecular weight excluding hydrogens is 250 g/mol. The lowest BCUT2D eigenvalue weighted by atomic mass is 10.2. The van der Waals surface area contributed by atoms with Gasteiger partial charge in [0.15, 0.2) is 0 Å². The zero-order valence-electron chi connectivity index (χ0n) is 10.6. The molecule has 1 aromatic carbocycles. The van der Waals surface area contributed by atoms with Crippen molar-refractivity contribution in [1.82, 2.24) is 5.53 Å². The molecule has 0 saturated heterocycles. The van der Waals surface area contributed by atoms with Crippen LogP contribution in [0.3, 0.4) is 0 Å². The van der Waals surface area contributed by atoms with Crippen LogP contribution >= 0.6 is 0 Å². The lowest BCUT2D eigenvalue weighted by molar-refractivity contribution is 0.621. The van der Waals surface area contributed by atoms with Gasteiger partial charge in [-0.05, 0) is 6.42 Å². The average molecular weight is 265 g/mol. The van der Waals surface area contributed by atoms with Crippen LogP contribution in [0.5, 0.6) is 0 Å². The molecule has 2 rings (SSSR count). The van der Waals surface area contributed by atoms with Crippen LogP contribution in [0, 0.1) is 0 Å². The summed E-state index contributed by atoms with van der Waals surface area (Å²) < 4.78 is 0. The van der Waals surface area contributed by atoms with E-state index in [2.05, 4.69) is 17.9 Å². The van der Waals surface area contributed by atoms with Crippen molar-refractivity contribution in [2.75, 3.05) is 17.0 Å². The lowest BCUT2D eigenvalue weighted by Gasteiger charge is -2.16. The van der Waals surface area contributed by atoms with Crippen molar-refractivity contribution in [2.24, 2.45) is 0 Å². The molecule has 19 heavy (non-hydrogen) atoms. The van der Waals surface area contributed by atoms with Crippen LogP contribution in [-0.2, 0) is 0 Å². The largest absolute Gasteiger partial charge is 0.298 e. The van der Waals surface area contributed by atoms with Crippen molar-refractivity contribution in [3.8, 4) is 0 Å².